The Morgan fingerprint density at radius 2 is 1.77 bits per heavy atom. The number of benzene rings is 1. The van der Waals surface area contributed by atoms with Gasteiger partial charge in [0.25, 0.3) is 0 Å². The van der Waals surface area contributed by atoms with Gasteiger partial charge < -0.3 is 20.9 Å². The van der Waals surface area contributed by atoms with Gasteiger partial charge in [-0.1, -0.05) is 0 Å². The van der Waals surface area contributed by atoms with E-state index in [9.17, 15) is 13.6 Å². The quantitative estimate of drug-likeness (QED) is 0.688. The summed E-state index contributed by atoms with van der Waals surface area (Å²) in [5.41, 5.74) is 0.0546. The Hall–Kier alpha value is -2.97. The van der Waals surface area contributed by atoms with Crippen LogP contribution in [0, 0.1) is 11.6 Å². The van der Waals surface area contributed by atoms with Crippen LogP contribution in [0.4, 0.5) is 30.9 Å². The van der Waals surface area contributed by atoms with E-state index in [1.54, 1.807) is 0 Å². The SMILES string of the molecule is O=C(NCCNc1cc(N2CCCC2)ncn1)Nc1cc(F)cc(F)c1. The topological polar surface area (TPSA) is 82.2 Å². The molecule has 0 radical (unpaired) electrons. The molecule has 0 saturated carbocycles. The third-order valence-corrected chi connectivity index (χ3v) is 3.92. The molecule has 1 aromatic heterocycles. The molecular weight excluding hydrogens is 342 g/mol. The van der Waals surface area contributed by atoms with Crippen molar-refractivity contribution < 1.29 is 13.6 Å². The van der Waals surface area contributed by atoms with Gasteiger partial charge in [0.2, 0.25) is 0 Å². The first-order chi connectivity index (χ1) is 12.6. The minimum atomic E-state index is -0.750. The van der Waals surface area contributed by atoms with Crippen LogP contribution < -0.4 is 20.9 Å². The molecule has 7 nitrogen and oxygen atoms in total. The summed E-state index contributed by atoms with van der Waals surface area (Å²) in [4.78, 5) is 22.4. The molecule has 0 unspecified atom stereocenters. The van der Waals surface area contributed by atoms with Gasteiger partial charge in [-0.2, -0.15) is 0 Å². The summed E-state index contributed by atoms with van der Waals surface area (Å²) in [5, 5.41) is 8.08. The second-order valence-corrected chi connectivity index (χ2v) is 5.92. The average molecular weight is 362 g/mol. The van der Waals surface area contributed by atoms with Gasteiger partial charge in [0.05, 0.1) is 0 Å². The number of halogens is 2. The van der Waals surface area contributed by atoms with Crippen molar-refractivity contribution >= 4 is 23.4 Å². The van der Waals surface area contributed by atoms with E-state index in [1.807, 2.05) is 6.07 Å². The minimum Gasteiger partial charge on any atom is -0.368 e. The molecule has 138 valence electrons. The molecule has 2 heterocycles. The fraction of sp³-hybridized carbons (Fsp3) is 0.353. The summed E-state index contributed by atoms with van der Waals surface area (Å²) < 4.78 is 26.2. The zero-order valence-corrected chi connectivity index (χ0v) is 14.1. The molecule has 3 N–H and O–H groups in total. The van der Waals surface area contributed by atoms with Crippen molar-refractivity contribution in [2.75, 3.05) is 41.7 Å². The maximum Gasteiger partial charge on any atom is 0.319 e. The first kappa shape index (κ1) is 17.8. The molecule has 1 aliphatic heterocycles. The third-order valence-electron chi connectivity index (χ3n) is 3.92. The lowest BCUT2D eigenvalue weighted by Crippen LogP contribution is -2.32. The second-order valence-electron chi connectivity index (χ2n) is 5.92. The molecule has 0 bridgehead atoms. The van der Waals surface area contributed by atoms with E-state index in [2.05, 4.69) is 30.8 Å². The van der Waals surface area contributed by atoms with Crippen molar-refractivity contribution in [2.24, 2.45) is 0 Å². The number of carbonyl (C=O) groups is 1. The van der Waals surface area contributed by atoms with Crippen molar-refractivity contribution in [3.8, 4) is 0 Å². The molecular formula is C17H20F2N6O. The average Bonchev–Trinajstić information content (AvgIpc) is 3.13. The summed E-state index contributed by atoms with van der Waals surface area (Å²) in [6.45, 7) is 2.76. The Morgan fingerprint density at radius 3 is 2.50 bits per heavy atom. The highest BCUT2D eigenvalue weighted by molar-refractivity contribution is 5.89. The maximum atomic E-state index is 13.1. The molecule has 1 aliphatic rings. The fourth-order valence-electron chi connectivity index (χ4n) is 2.73. The highest BCUT2D eigenvalue weighted by Gasteiger charge is 2.13. The summed E-state index contributed by atoms with van der Waals surface area (Å²) in [5.74, 6) is 0.0641. The highest BCUT2D eigenvalue weighted by atomic mass is 19.1. The number of nitrogens with one attached hydrogen (secondary N) is 3. The number of hydrogen-bond acceptors (Lipinski definition) is 5. The van der Waals surface area contributed by atoms with Crippen molar-refractivity contribution in [2.45, 2.75) is 12.8 Å². The van der Waals surface area contributed by atoms with Crippen LogP contribution in [0.3, 0.4) is 0 Å². The zero-order chi connectivity index (χ0) is 18.4. The van der Waals surface area contributed by atoms with Crippen molar-refractivity contribution in [3.63, 3.8) is 0 Å². The van der Waals surface area contributed by atoms with Crippen LogP contribution in [0.1, 0.15) is 12.8 Å². The molecule has 2 amide bonds. The Balaban J connectivity index is 1.42. The lowest BCUT2D eigenvalue weighted by atomic mass is 10.3. The van der Waals surface area contributed by atoms with Gasteiger partial charge in [-0.3, -0.25) is 0 Å². The molecule has 0 aliphatic carbocycles. The Morgan fingerprint density at radius 1 is 1.04 bits per heavy atom. The standard InChI is InChI=1S/C17H20F2N6O/c18-12-7-13(19)9-14(8-12)24-17(26)21-4-3-20-15-10-16(23-11-22-15)25-5-1-2-6-25/h7-11H,1-6H2,(H,20,22,23)(H2,21,24,26). The Bertz CT molecular complexity index is 746. The first-order valence-corrected chi connectivity index (χ1v) is 8.42. The van der Waals surface area contributed by atoms with Crippen LogP contribution in [0.25, 0.3) is 0 Å². The first-order valence-electron chi connectivity index (χ1n) is 8.42. The molecule has 1 saturated heterocycles. The Labute approximate surface area is 149 Å². The van der Waals surface area contributed by atoms with E-state index >= 15 is 0 Å². The van der Waals surface area contributed by atoms with E-state index < -0.39 is 17.7 Å². The number of anilines is 3. The van der Waals surface area contributed by atoms with Crippen LogP contribution in [0.5, 0.6) is 0 Å². The number of nitrogens with zero attached hydrogens (tertiary/aromatic N) is 3. The largest absolute Gasteiger partial charge is 0.368 e. The second kappa shape index (κ2) is 8.41. The summed E-state index contributed by atoms with van der Waals surface area (Å²) >= 11 is 0. The molecule has 2 aromatic rings. The molecule has 0 spiro atoms. The van der Waals surface area contributed by atoms with Crippen LogP contribution in [-0.2, 0) is 0 Å². The van der Waals surface area contributed by atoms with E-state index in [0.29, 0.717) is 18.9 Å². The van der Waals surface area contributed by atoms with Gasteiger partial charge >= 0.3 is 6.03 Å². The van der Waals surface area contributed by atoms with E-state index in [0.717, 1.165) is 37.1 Å². The van der Waals surface area contributed by atoms with Crippen molar-refractivity contribution in [1.82, 2.24) is 15.3 Å². The number of amides is 2. The van der Waals surface area contributed by atoms with E-state index in [-0.39, 0.29) is 5.69 Å². The van der Waals surface area contributed by atoms with Gasteiger partial charge in [-0.15, -0.1) is 0 Å². The number of rotatable bonds is 6. The molecule has 9 heteroatoms. The predicted octanol–water partition coefficient (Wildman–Crippen LogP) is 2.59. The fourth-order valence-corrected chi connectivity index (χ4v) is 2.73. The number of hydrogen-bond donors (Lipinski definition) is 3. The number of aromatic nitrogens is 2. The smallest absolute Gasteiger partial charge is 0.319 e. The maximum absolute atomic E-state index is 13.1. The molecule has 3 rings (SSSR count). The number of carbonyl (C=O) groups excluding carboxylic acids is 1. The van der Waals surface area contributed by atoms with Crippen LogP contribution in [0.2, 0.25) is 0 Å². The van der Waals surface area contributed by atoms with Gasteiger partial charge in [0.1, 0.15) is 29.6 Å². The predicted molar refractivity (Wildman–Crippen MR) is 95.3 cm³/mol. The highest BCUT2D eigenvalue weighted by Crippen LogP contribution is 2.19. The summed E-state index contributed by atoms with van der Waals surface area (Å²) in [6, 6.07) is 4.16. The van der Waals surface area contributed by atoms with Gasteiger partial charge in [-0.05, 0) is 25.0 Å². The van der Waals surface area contributed by atoms with Crippen LogP contribution in [-0.4, -0.2) is 42.2 Å². The zero-order valence-electron chi connectivity index (χ0n) is 14.1. The van der Waals surface area contributed by atoms with Gasteiger partial charge in [0.15, 0.2) is 0 Å². The molecule has 1 aromatic carbocycles. The molecule has 0 atom stereocenters. The summed E-state index contributed by atoms with van der Waals surface area (Å²) in [7, 11) is 0. The van der Waals surface area contributed by atoms with Crippen molar-refractivity contribution in [1.29, 1.82) is 0 Å². The monoisotopic (exact) mass is 362 g/mol. The number of urea groups is 1. The minimum absolute atomic E-state index is 0.0546. The normalized spacial score (nSPS) is 13.5. The van der Waals surface area contributed by atoms with Crippen molar-refractivity contribution in [3.05, 3.63) is 42.2 Å². The van der Waals surface area contributed by atoms with Gasteiger partial charge in [-0.25, -0.2) is 23.5 Å². The van der Waals surface area contributed by atoms with E-state index in [4.69, 9.17) is 0 Å². The molecule has 1 fully saturated rings. The lowest BCUT2D eigenvalue weighted by molar-refractivity contribution is 0.252. The Kier molecular flexibility index (Phi) is 5.77. The summed E-state index contributed by atoms with van der Waals surface area (Å²) in [6.07, 6.45) is 3.84. The van der Waals surface area contributed by atoms with E-state index in [1.165, 1.54) is 19.2 Å². The van der Waals surface area contributed by atoms with Gasteiger partial charge in [0, 0.05) is 44.0 Å². The molecule has 26 heavy (non-hydrogen) atoms. The lowest BCUT2D eigenvalue weighted by Gasteiger charge is -2.16. The third kappa shape index (κ3) is 5.01. The van der Waals surface area contributed by atoms with Crippen LogP contribution in [0.15, 0.2) is 30.6 Å². The van der Waals surface area contributed by atoms with Crippen LogP contribution >= 0.6 is 0 Å².